The largest absolute Gasteiger partial charge is 0.491 e. The molecule has 0 spiro atoms. The van der Waals surface area contributed by atoms with Crippen LogP contribution in [0.1, 0.15) is 32.3 Å². The predicted octanol–water partition coefficient (Wildman–Crippen LogP) is 2.37. The number of hydrogen-bond acceptors (Lipinski definition) is 5. The summed E-state index contributed by atoms with van der Waals surface area (Å²) in [7, 11) is 0. The number of aliphatic hydroxyl groups excluding tert-OH is 1. The molecule has 0 aliphatic rings. The molecular formula is C18H31NO4. The standard InChI is InChI=1S/C18H31NO4/c1-3-9-19-13-17(20)15-23-18-7-5-16(6-8-18)14-22-12-11-21-10-4-2/h5-8,17,19-20H,3-4,9-15H2,1-2H3. The molecule has 0 radical (unpaired) electrons. The fourth-order valence-electron chi connectivity index (χ4n) is 1.93. The van der Waals surface area contributed by atoms with Crippen molar-refractivity contribution in [2.75, 3.05) is 39.5 Å². The molecule has 1 rings (SSSR count). The van der Waals surface area contributed by atoms with Crippen LogP contribution in [0.2, 0.25) is 0 Å². The van der Waals surface area contributed by atoms with Crippen molar-refractivity contribution >= 4 is 0 Å². The van der Waals surface area contributed by atoms with Gasteiger partial charge in [0.25, 0.3) is 0 Å². The Morgan fingerprint density at radius 3 is 2.43 bits per heavy atom. The minimum absolute atomic E-state index is 0.293. The number of nitrogens with one attached hydrogen (secondary N) is 1. The second-order valence-corrected chi connectivity index (χ2v) is 5.48. The molecule has 5 nitrogen and oxygen atoms in total. The highest BCUT2D eigenvalue weighted by molar-refractivity contribution is 5.26. The van der Waals surface area contributed by atoms with Crippen molar-refractivity contribution < 1.29 is 19.3 Å². The Kier molecular flexibility index (Phi) is 11.5. The lowest BCUT2D eigenvalue weighted by Gasteiger charge is -2.13. The van der Waals surface area contributed by atoms with E-state index < -0.39 is 6.10 Å². The van der Waals surface area contributed by atoms with E-state index in [9.17, 15) is 5.11 Å². The molecule has 0 bridgehead atoms. The van der Waals surface area contributed by atoms with Crippen molar-refractivity contribution in [1.82, 2.24) is 5.32 Å². The third-order valence-electron chi connectivity index (χ3n) is 3.16. The SMILES string of the molecule is CCCNCC(O)COc1ccc(COCCOCCC)cc1. The quantitative estimate of drug-likeness (QED) is 0.514. The van der Waals surface area contributed by atoms with Crippen molar-refractivity contribution in [2.24, 2.45) is 0 Å². The maximum Gasteiger partial charge on any atom is 0.119 e. The predicted molar refractivity (Wildman–Crippen MR) is 91.9 cm³/mol. The number of ether oxygens (including phenoxy) is 3. The molecule has 0 aliphatic carbocycles. The van der Waals surface area contributed by atoms with Gasteiger partial charge in [-0.05, 0) is 37.1 Å². The van der Waals surface area contributed by atoms with Crippen LogP contribution in [0.15, 0.2) is 24.3 Å². The highest BCUT2D eigenvalue weighted by atomic mass is 16.5. The third kappa shape index (κ3) is 10.3. The number of benzene rings is 1. The first kappa shape index (κ1) is 19.9. The summed E-state index contributed by atoms with van der Waals surface area (Å²) in [5, 5.41) is 12.9. The van der Waals surface area contributed by atoms with Crippen LogP contribution in [0, 0.1) is 0 Å². The Morgan fingerprint density at radius 2 is 1.74 bits per heavy atom. The number of rotatable bonds is 14. The topological polar surface area (TPSA) is 60.0 Å². The second kappa shape index (κ2) is 13.3. The molecule has 1 unspecified atom stereocenters. The maximum absolute atomic E-state index is 9.78. The number of aliphatic hydroxyl groups is 1. The molecular weight excluding hydrogens is 294 g/mol. The normalized spacial score (nSPS) is 12.3. The summed E-state index contributed by atoms with van der Waals surface area (Å²) in [5.41, 5.74) is 1.10. The Labute approximate surface area is 139 Å². The fraction of sp³-hybridized carbons (Fsp3) is 0.667. The highest BCUT2D eigenvalue weighted by Gasteiger charge is 2.04. The monoisotopic (exact) mass is 325 g/mol. The van der Waals surface area contributed by atoms with Crippen LogP contribution >= 0.6 is 0 Å². The minimum atomic E-state index is -0.493. The van der Waals surface area contributed by atoms with Crippen molar-refractivity contribution in [1.29, 1.82) is 0 Å². The van der Waals surface area contributed by atoms with Gasteiger partial charge < -0.3 is 24.6 Å². The molecule has 2 N–H and O–H groups in total. The molecule has 132 valence electrons. The van der Waals surface area contributed by atoms with E-state index >= 15 is 0 Å². The van der Waals surface area contributed by atoms with Crippen LogP contribution < -0.4 is 10.1 Å². The third-order valence-corrected chi connectivity index (χ3v) is 3.16. The van der Waals surface area contributed by atoms with Gasteiger partial charge in [0.05, 0.1) is 19.8 Å². The van der Waals surface area contributed by atoms with Gasteiger partial charge in [0.2, 0.25) is 0 Å². The van der Waals surface area contributed by atoms with Gasteiger partial charge in [0.15, 0.2) is 0 Å². The summed E-state index contributed by atoms with van der Waals surface area (Å²) in [6.07, 6.45) is 1.60. The molecule has 23 heavy (non-hydrogen) atoms. The lowest BCUT2D eigenvalue weighted by Crippen LogP contribution is -2.31. The zero-order chi connectivity index (χ0) is 16.8. The van der Waals surface area contributed by atoms with E-state index in [2.05, 4.69) is 19.2 Å². The smallest absolute Gasteiger partial charge is 0.119 e. The lowest BCUT2D eigenvalue weighted by molar-refractivity contribution is 0.0408. The Hall–Kier alpha value is -1.14. The Bertz CT molecular complexity index is 383. The average molecular weight is 325 g/mol. The summed E-state index contributed by atoms with van der Waals surface area (Å²) < 4.78 is 16.5. The van der Waals surface area contributed by atoms with E-state index in [1.165, 1.54) is 0 Å². The summed E-state index contributed by atoms with van der Waals surface area (Å²) >= 11 is 0. The van der Waals surface area contributed by atoms with E-state index in [0.29, 0.717) is 33.0 Å². The van der Waals surface area contributed by atoms with Crippen molar-refractivity contribution in [3.63, 3.8) is 0 Å². The first-order chi connectivity index (χ1) is 11.3. The summed E-state index contributed by atoms with van der Waals surface area (Å²) in [4.78, 5) is 0. The summed E-state index contributed by atoms with van der Waals surface area (Å²) in [6, 6.07) is 7.75. The highest BCUT2D eigenvalue weighted by Crippen LogP contribution is 2.13. The molecule has 0 fully saturated rings. The molecule has 0 aliphatic heterocycles. The van der Waals surface area contributed by atoms with Crippen molar-refractivity contribution in [3.8, 4) is 5.75 Å². The molecule has 1 atom stereocenters. The van der Waals surface area contributed by atoms with E-state index in [-0.39, 0.29) is 0 Å². The van der Waals surface area contributed by atoms with Crippen LogP contribution in [0.25, 0.3) is 0 Å². The lowest BCUT2D eigenvalue weighted by atomic mass is 10.2. The van der Waals surface area contributed by atoms with Crippen LogP contribution in [0.4, 0.5) is 0 Å². The maximum atomic E-state index is 9.78. The van der Waals surface area contributed by atoms with Crippen molar-refractivity contribution in [3.05, 3.63) is 29.8 Å². The summed E-state index contributed by atoms with van der Waals surface area (Å²) in [6.45, 7) is 8.55. The van der Waals surface area contributed by atoms with Gasteiger partial charge in [-0.25, -0.2) is 0 Å². The zero-order valence-corrected chi connectivity index (χ0v) is 14.4. The first-order valence-corrected chi connectivity index (χ1v) is 8.52. The molecule has 0 amide bonds. The van der Waals surface area contributed by atoms with Gasteiger partial charge in [0, 0.05) is 13.2 Å². The molecule has 1 aromatic rings. The summed E-state index contributed by atoms with van der Waals surface area (Å²) in [5.74, 6) is 0.759. The molecule has 5 heteroatoms. The van der Waals surface area contributed by atoms with Gasteiger partial charge in [-0.3, -0.25) is 0 Å². The molecule has 0 saturated carbocycles. The van der Waals surface area contributed by atoms with Gasteiger partial charge >= 0.3 is 0 Å². The first-order valence-electron chi connectivity index (χ1n) is 8.52. The Morgan fingerprint density at radius 1 is 1.00 bits per heavy atom. The Balaban J connectivity index is 2.15. The van der Waals surface area contributed by atoms with Crippen LogP contribution in [0.5, 0.6) is 5.75 Å². The van der Waals surface area contributed by atoms with E-state index in [1.807, 2.05) is 24.3 Å². The molecule has 0 saturated heterocycles. The van der Waals surface area contributed by atoms with Crippen LogP contribution in [-0.2, 0) is 16.1 Å². The van der Waals surface area contributed by atoms with Gasteiger partial charge in [-0.2, -0.15) is 0 Å². The minimum Gasteiger partial charge on any atom is -0.491 e. The molecule has 0 aromatic heterocycles. The van der Waals surface area contributed by atoms with Crippen LogP contribution in [0.3, 0.4) is 0 Å². The molecule has 0 heterocycles. The van der Waals surface area contributed by atoms with Gasteiger partial charge in [0.1, 0.15) is 18.5 Å². The average Bonchev–Trinajstić information content (AvgIpc) is 2.57. The van der Waals surface area contributed by atoms with Gasteiger partial charge in [-0.1, -0.05) is 26.0 Å². The van der Waals surface area contributed by atoms with Gasteiger partial charge in [-0.15, -0.1) is 0 Å². The van der Waals surface area contributed by atoms with Crippen molar-refractivity contribution in [2.45, 2.75) is 39.4 Å². The van der Waals surface area contributed by atoms with Crippen LogP contribution in [-0.4, -0.2) is 50.7 Å². The second-order valence-electron chi connectivity index (χ2n) is 5.48. The van der Waals surface area contributed by atoms with E-state index in [1.54, 1.807) is 0 Å². The van der Waals surface area contributed by atoms with E-state index in [0.717, 1.165) is 37.3 Å². The fourth-order valence-corrected chi connectivity index (χ4v) is 1.93. The number of hydrogen-bond donors (Lipinski definition) is 2. The zero-order valence-electron chi connectivity index (χ0n) is 14.4. The molecule has 1 aromatic carbocycles. The van der Waals surface area contributed by atoms with E-state index in [4.69, 9.17) is 14.2 Å².